The molecule has 1 N–H and O–H groups in total. The van der Waals surface area contributed by atoms with Gasteiger partial charge in [0.15, 0.2) is 0 Å². The van der Waals surface area contributed by atoms with Gasteiger partial charge < -0.3 is 4.42 Å². The summed E-state index contributed by atoms with van der Waals surface area (Å²) in [6.07, 6.45) is 1.57. The van der Waals surface area contributed by atoms with Crippen molar-refractivity contribution in [2.24, 2.45) is 5.10 Å². The molecule has 0 radical (unpaired) electrons. The highest BCUT2D eigenvalue weighted by atomic mass is 16.4. The van der Waals surface area contributed by atoms with E-state index in [9.17, 15) is 4.79 Å². The number of oxazole rings is 1. The Morgan fingerprint density at radius 2 is 2.00 bits per heavy atom. The van der Waals surface area contributed by atoms with Crippen LogP contribution < -0.4 is 5.43 Å². The SMILES string of the molecule is CCCc1nc(-c2ccccc2)oc1C(=O)NN=C(C)C. The van der Waals surface area contributed by atoms with E-state index < -0.39 is 0 Å². The van der Waals surface area contributed by atoms with Crippen molar-refractivity contribution in [1.29, 1.82) is 0 Å². The largest absolute Gasteiger partial charge is 0.431 e. The van der Waals surface area contributed by atoms with Crippen molar-refractivity contribution < 1.29 is 9.21 Å². The van der Waals surface area contributed by atoms with Crippen LogP contribution >= 0.6 is 0 Å². The molecule has 0 saturated heterocycles. The van der Waals surface area contributed by atoms with E-state index >= 15 is 0 Å². The molecule has 1 aromatic carbocycles. The third-order valence-electron chi connectivity index (χ3n) is 2.79. The summed E-state index contributed by atoms with van der Waals surface area (Å²) in [7, 11) is 0. The van der Waals surface area contributed by atoms with E-state index in [0.29, 0.717) is 18.0 Å². The number of hydrazone groups is 1. The van der Waals surface area contributed by atoms with Gasteiger partial charge in [-0.15, -0.1) is 0 Å². The molecule has 0 aliphatic rings. The van der Waals surface area contributed by atoms with Crippen molar-refractivity contribution >= 4 is 11.6 Å². The molecule has 1 amide bonds. The van der Waals surface area contributed by atoms with Gasteiger partial charge in [0.1, 0.15) is 0 Å². The van der Waals surface area contributed by atoms with Crippen LogP contribution in [-0.2, 0) is 6.42 Å². The lowest BCUT2D eigenvalue weighted by Gasteiger charge is -1.98. The van der Waals surface area contributed by atoms with Crippen LogP contribution in [0.1, 0.15) is 43.4 Å². The second kappa shape index (κ2) is 6.83. The Bertz CT molecular complexity index is 641. The number of amides is 1. The highest BCUT2D eigenvalue weighted by molar-refractivity contribution is 5.93. The number of carbonyl (C=O) groups excluding carboxylic acids is 1. The zero-order valence-electron chi connectivity index (χ0n) is 12.5. The molecule has 5 nitrogen and oxygen atoms in total. The van der Waals surface area contributed by atoms with E-state index in [1.807, 2.05) is 51.1 Å². The number of nitrogens with zero attached hydrogens (tertiary/aromatic N) is 2. The van der Waals surface area contributed by atoms with Gasteiger partial charge in [0.2, 0.25) is 11.7 Å². The summed E-state index contributed by atoms with van der Waals surface area (Å²) in [5, 5.41) is 3.91. The average molecular weight is 285 g/mol. The number of hydrogen-bond donors (Lipinski definition) is 1. The maximum absolute atomic E-state index is 12.1. The first kappa shape index (κ1) is 15.0. The highest BCUT2D eigenvalue weighted by Gasteiger charge is 2.20. The number of hydrogen-bond acceptors (Lipinski definition) is 4. The lowest BCUT2D eigenvalue weighted by Crippen LogP contribution is -2.19. The molecule has 110 valence electrons. The fourth-order valence-corrected chi connectivity index (χ4v) is 1.85. The van der Waals surface area contributed by atoms with Crippen molar-refractivity contribution in [2.45, 2.75) is 33.6 Å². The molecule has 0 fully saturated rings. The summed E-state index contributed by atoms with van der Waals surface area (Å²) in [5.41, 5.74) is 4.76. The number of benzene rings is 1. The van der Waals surface area contributed by atoms with Crippen LogP contribution in [0.2, 0.25) is 0 Å². The van der Waals surface area contributed by atoms with Crippen molar-refractivity contribution in [2.75, 3.05) is 0 Å². The van der Waals surface area contributed by atoms with Crippen molar-refractivity contribution in [1.82, 2.24) is 10.4 Å². The van der Waals surface area contributed by atoms with Crippen LogP contribution in [0.15, 0.2) is 39.9 Å². The van der Waals surface area contributed by atoms with Crippen LogP contribution in [0.4, 0.5) is 0 Å². The van der Waals surface area contributed by atoms with Gasteiger partial charge in [-0.1, -0.05) is 31.5 Å². The molecule has 0 aliphatic heterocycles. The van der Waals surface area contributed by atoms with E-state index in [4.69, 9.17) is 4.42 Å². The molecule has 5 heteroatoms. The van der Waals surface area contributed by atoms with E-state index in [1.165, 1.54) is 0 Å². The van der Waals surface area contributed by atoms with Gasteiger partial charge in [-0.2, -0.15) is 5.10 Å². The molecule has 0 aliphatic carbocycles. The lowest BCUT2D eigenvalue weighted by molar-refractivity contribution is 0.0926. The number of nitrogens with one attached hydrogen (secondary N) is 1. The summed E-state index contributed by atoms with van der Waals surface area (Å²) < 4.78 is 5.66. The van der Waals surface area contributed by atoms with E-state index in [1.54, 1.807) is 0 Å². The number of rotatable bonds is 5. The first-order chi connectivity index (χ1) is 10.1. The van der Waals surface area contributed by atoms with Crippen LogP contribution in [0.5, 0.6) is 0 Å². The zero-order chi connectivity index (χ0) is 15.2. The normalized spacial score (nSPS) is 10.2. The molecule has 21 heavy (non-hydrogen) atoms. The summed E-state index contributed by atoms with van der Waals surface area (Å²) >= 11 is 0. The number of carbonyl (C=O) groups is 1. The molecule has 0 saturated carbocycles. The van der Waals surface area contributed by atoms with Gasteiger partial charge in [0, 0.05) is 11.3 Å². The molecule has 0 spiro atoms. The van der Waals surface area contributed by atoms with Gasteiger partial charge in [-0.25, -0.2) is 10.4 Å². The van der Waals surface area contributed by atoms with Crippen LogP contribution in [-0.4, -0.2) is 16.6 Å². The van der Waals surface area contributed by atoms with E-state index in [-0.39, 0.29) is 11.7 Å². The molecular formula is C16H19N3O2. The van der Waals surface area contributed by atoms with Crippen molar-refractivity contribution in [3.63, 3.8) is 0 Å². The quantitative estimate of drug-likeness (QED) is 0.676. The molecule has 0 bridgehead atoms. The van der Waals surface area contributed by atoms with Gasteiger partial charge in [-0.05, 0) is 32.4 Å². The highest BCUT2D eigenvalue weighted by Crippen LogP contribution is 2.22. The monoisotopic (exact) mass is 285 g/mol. The molecule has 0 atom stereocenters. The minimum Gasteiger partial charge on any atom is -0.431 e. The Morgan fingerprint density at radius 1 is 1.29 bits per heavy atom. The van der Waals surface area contributed by atoms with Crippen molar-refractivity contribution in [3.05, 3.63) is 41.8 Å². The molecule has 1 heterocycles. The Morgan fingerprint density at radius 3 is 2.62 bits per heavy atom. The predicted molar refractivity (Wildman–Crippen MR) is 82.2 cm³/mol. The van der Waals surface area contributed by atoms with Gasteiger partial charge >= 0.3 is 5.91 Å². The second-order valence-electron chi connectivity index (χ2n) is 4.91. The standard InChI is InChI=1S/C16H19N3O2/c1-4-8-13-14(15(20)19-18-11(2)3)21-16(17-13)12-9-6-5-7-10-12/h5-7,9-10H,4,8H2,1-3H3,(H,19,20). The smallest absolute Gasteiger partial charge is 0.309 e. The summed E-state index contributed by atoms with van der Waals surface area (Å²) in [6, 6.07) is 9.54. The Hall–Kier alpha value is -2.43. The van der Waals surface area contributed by atoms with Crippen LogP contribution in [0.3, 0.4) is 0 Å². The first-order valence-electron chi connectivity index (χ1n) is 6.98. The molecule has 2 rings (SSSR count). The lowest BCUT2D eigenvalue weighted by atomic mass is 10.2. The third kappa shape index (κ3) is 3.78. The predicted octanol–water partition coefficient (Wildman–Crippen LogP) is 3.42. The molecule has 1 aromatic heterocycles. The average Bonchev–Trinajstić information content (AvgIpc) is 2.90. The molecular weight excluding hydrogens is 266 g/mol. The Kier molecular flexibility index (Phi) is 4.87. The van der Waals surface area contributed by atoms with E-state index in [2.05, 4.69) is 15.5 Å². The first-order valence-corrected chi connectivity index (χ1v) is 6.98. The fraction of sp³-hybridized carbons (Fsp3) is 0.312. The van der Waals surface area contributed by atoms with Gasteiger partial charge in [0.05, 0.1) is 5.69 Å². The third-order valence-corrected chi connectivity index (χ3v) is 2.79. The summed E-state index contributed by atoms with van der Waals surface area (Å²) in [6.45, 7) is 5.65. The van der Waals surface area contributed by atoms with Gasteiger partial charge in [0.25, 0.3) is 0 Å². The maximum Gasteiger partial charge on any atom is 0.309 e. The summed E-state index contributed by atoms with van der Waals surface area (Å²) in [4.78, 5) is 16.6. The molecule has 2 aromatic rings. The van der Waals surface area contributed by atoms with Crippen LogP contribution in [0.25, 0.3) is 11.5 Å². The minimum atomic E-state index is -0.366. The van der Waals surface area contributed by atoms with E-state index in [0.717, 1.165) is 17.7 Å². The maximum atomic E-state index is 12.1. The van der Waals surface area contributed by atoms with Crippen LogP contribution in [0, 0.1) is 0 Å². The topological polar surface area (TPSA) is 67.5 Å². The number of aromatic nitrogens is 1. The van der Waals surface area contributed by atoms with Crippen molar-refractivity contribution in [3.8, 4) is 11.5 Å². The second-order valence-corrected chi connectivity index (χ2v) is 4.91. The molecule has 0 unspecified atom stereocenters. The fourth-order valence-electron chi connectivity index (χ4n) is 1.85. The minimum absolute atomic E-state index is 0.237. The Balaban J connectivity index is 2.33. The summed E-state index contributed by atoms with van der Waals surface area (Å²) in [5.74, 6) is 0.330. The zero-order valence-corrected chi connectivity index (χ0v) is 12.5. The van der Waals surface area contributed by atoms with Gasteiger partial charge in [-0.3, -0.25) is 4.79 Å². The number of aryl methyl sites for hydroxylation is 1. The Labute approximate surface area is 124 Å².